The summed E-state index contributed by atoms with van der Waals surface area (Å²) in [6.07, 6.45) is 0. The van der Waals surface area contributed by atoms with E-state index >= 15 is 0 Å². The molecular formula is C24H17N7O3S. The summed E-state index contributed by atoms with van der Waals surface area (Å²) in [7, 11) is -3.84. The second-order valence-corrected chi connectivity index (χ2v) is 9.46. The largest absolute Gasteiger partial charge is 0.270 e. The van der Waals surface area contributed by atoms with Gasteiger partial charge in [0.05, 0.1) is 21.7 Å². The summed E-state index contributed by atoms with van der Waals surface area (Å²) in [4.78, 5) is 12.8. The Morgan fingerprint density at radius 1 is 0.829 bits per heavy atom. The van der Waals surface area contributed by atoms with Crippen molar-refractivity contribution in [2.75, 3.05) is 0 Å². The molecule has 3 N–H and O–H groups in total. The number of hydrogen-bond donors (Lipinski definition) is 2. The molecular weight excluding hydrogens is 466 g/mol. The smallest absolute Gasteiger partial charge is 0.267 e. The van der Waals surface area contributed by atoms with Crippen molar-refractivity contribution in [1.29, 1.82) is 0 Å². The second-order valence-electron chi connectivity index (χ2n) is 7.90. The van der Waals surface area contributed by atoms with Gasteiger partial charge in [-0.1, -0.05) is 48.5 Å². The molecule has 0 atom stereocenters. The van der Waals surface area contributed by atoms with Gasteiger partial charge in [0.15, 0.2) is 5.65 Å². The molecule has 3 aromatic heterocycles. The molecule has 11 heteroatoms. The third kappa shape index (κ3) is 3.50. The molecule has 0 fully saturated rings. The van der Waals surface area contributed by atoms with Crippen LogP contribution in [0, 0.1) is 0 Å². The first-order valence-electron chi connectivity index (χ1n) is 10.6. The third-order valence-corrected chi connectivity index (χ3v) is 6.64. The lowest BCUT2D eigenvalue weighted by molar-refractivity contribution is 0.598. The minimum atomic E-state index is -3.84. The van der Waals surface area contributed by atoms with E-state index in [1.54, 1.807) is 28.9 Å². The van der Waals surface area contributed by atoms with Crippen LogP contribution in [-0.2, 0) is 10.0 Å². The minimum Gasteiger partial charge on any atom is -0.267 e. The quantitative estimate of drug-likeness (QED) is 0.395. The Kier molecular flexibility index (Phi) is 4.62. The number of hydrogen-bond acceptors (Lipinski definition) is 6. The summed E-state index contributed by atoms with van der Waals surface area (Å²) >= 11 is 0. The van der Waals surface area contributed by atoms with E-state index in [0.717, 1.165) is 5.56 Å². The number of benzene rings is 3. The van der Waals surface area contributed by atoms with Gasteiger partial charge in [0.25, 0.3) is 5.56 Å². The normalized spacial score (nSPS) is 11.9. The van der Waals surface area contributed by atoms with Crippen LogP contribution in [0.15, 0.2) is 94.6 Å². The number of nitrogens with one attached hydrogen (secondary N) is 1. The summed E-state index contributed by atoms with van der Waals surface area (Å²) < 4.78 is 26.6. The predicted molar refractivity (Wildman–Crippen MR) is 130 cm³/mol. The number of H-pyrrole nitrogens is 1. The molecule has 3 aromatic carbocycles. The van der Waals surface area contributed by atoms with Crippen molar-refractivity contribution in [3.05, 3.63) is 95.3 Å². The van der Waals surface area contributed by atoms with Crippen LogP contribution in [0.5, 0.6) is 0 Å². The lowest BCUT2D eigenvalue weighted by Crippen LogP contribution is -2.13. The number of fused-ring (bicyclic) bond motifs is 3. The van der Waals surface area contributed by atoms with Crippen molar-refractivity contribution in [3.63, 3.8) is 0 Å². The van der Waals surface area contributed by atoms with Crippen molar-refractivity contribution in [2.45, 2.75) is 4.90 Å². The van der Waals surface area contributed by atoms with Crippen LogP contribution in [0.1, 0.15) is 0 Å². The van der Waals surface area contributed by atoms with Gasteiger partial charge in [-0.05, 0) is 36.4 Å². The standard InChI is InChI=1S/C24H17N7O3S/c25-35(33,34)17-12-10-16(11-13-17)30-21(14-20(28-30)15-6-2-1-3-7-15)23-27-26-22-18-8-4-5-9-19(18)24(32)29-31(22)23/h1-14H,(H,29,32)(H2,25,33,34). The molecule has 0 aliphatic rings. The van der Waals surface area contributed by atoms with Crippen molar-refractivity contribution in [1.82, 2.24) is 29.6 Å². The zero-order valence-electron chi connectivity index (χ0n) is 18.0. The van der Waals surface area contributed by atoms with E-state index < -0.39 is 10.0 Å². The summed E-state index contributed by atoms with van der Waals surface area (Å²) in [6, 6.07) is 24.6. The first kappa shape index (κ1) is 21.0. The molecule has 6 aromatic rings. The van der Waals surface area contributed by atoms with Crippen LogP contribution in [0.25, 0.3) is 44.9 Å². The van der Waals surface area contributed by atoms with Crippen molar-refractivity contribution in [3.8, 4) is 28.5 Å². The highest BCUT2D eigenvalue weighted by molar-refractivity contribution is 7.89. The van der Waals surface area contributed by atoms with Gasteiger partial charge in [-0.15, -0.1) is 10.2 Å². The maximum Gasteiger partial charge on any atom is 0.270 e. The van der Waals surface area contributed by atoms with Crippen LogP contribution in [0.4, 0.5) is 0 Å². The Hall–Kier alpha value is -4.61. The van der Waals surface area contributed by atoms with E-state index in [2.05, 4.69) is 15.3 Å². The summed E-state index contributed by atoms with van der Waals surface area (Å²) in [5.74, 6) is 0.369. The first-order valence-corrected chi connectivity index (χ1v) is 12.1. The van der Waals surface area contributed by atoms with Gasteiger partial charge in [0.2, 0.25) is 15.8 Å². The third-order valence-electron chi connectivity index (χ3n) is 5.71. The Morgan fingerprint density at radius 3 is 2.23 bits per heavy atom. The SMILES string of the molecule is NS(=O)(=O)c1ccc(-n2nc(-c3ccccc3)cc2-c2nnc3c4ccccc4c(=O)[nH]n23)cc1. The number of primary sulfonamides is 1. The monoisotopic (exact) mass is 483 g/mol. The Bertz CT molecular complexity index is 1890. The molecule has 0 spiro atoms. The molecule has 0 aliphatic heterocycles. The van der Waals surface area contributed by atoms with Crippen LogP contribution >= 0.6 is 0 Å². The van der Waals surface area contributed by atoms with Gasteiger partial charge >= 0.3 is 0 Å². The van der Waals surface area contributed by atoms with E-state index in [1.807, 2.05) is 48.5 Å². The molecule has 0 aliphatic carbocycles. The molecule has 0 amide bonds. The molecule has 0 saturated heterocycles. The topological polar surface area (TPSA) is 141 Å². The molecule has 0 bridgehead atoms. The number of rotatable bonds is 4. The Balaban J connectivity index is 1.61. The van der Waals surface area contributed by atoms with Gasteiger partial charge < -0.3 is 0 Å². The maximum absolute atomic E-state index is 12.8. The van der Waals surface area contributed by atoms with E-state index in [0.29, 0.717) is 39.3 Å². The fourth-order valence-electron chi connectivity index (χ4n) is 4.03. The number of nitrogens with two attached hydrogens (primary N) is 1. The summed E-state index contributed by atoms with van der Waals surface area (Å²) in [5, 5.41) is 22.7. The molecule has 0 unspecified atom stereocenters. The highest BCUT2D eigenvalue weighted by atomic mass is 32.2. The molecule has 3 heterocycles. The molecule has 6 rings (SSSR count). The van der Waals surface area contributed by atoms with E-state index in [4.69, 9.17) is 10.2 Å². The molecule has 10 nitrogen and oxygen atoms in total. The molecule has 0 saturated carbocycles. The Labute approximate surface area is 198 Å². The average molecular weight is 484 g/mol. The van der Waals surface area contributed by atoms with Crippen LogP contribution < -0.4 is 10.7 Å². The zero-order valence-corrected chi connectivity index (χ0v) is 18.8. The van der Waals surface area contributed by atoms with E-state index in [1.165, 1.54) is 16.6 Å². The Morgan fingerprint density at radius 2 is 1.51 bits per heavy atom. The van der Waals surface area contributed by atoms with Crippen molar-refractivity contribution >= 4 is 26.4 Å². The molecule has 172 valence electrons. The van der Waals surface area contributed by atoms with Crippen LogP contribution in [0.3, 0.4) is 0 Å². The van der Waals surface area contributed by atoms with Gasteiger partial charge in [-0.25, -0.2) is 22.8 Å². The highest BCUT2D eigenvalue weighted by Crippen LogP contribution is 2.29. The number of aromatic nitrogens is 6. The van der Waals surface area contributed by atoms with Crippen LogP contribution in [0.2, 0.25) is 0 Å². The fourth-order valence-corrected chi connectivity index (χ4v) is 4.55. The van der Waals surface area contributed by atoms with Crippen LogP contribution in [-0.4, -0.2) is 38.0 Å². The highest BCUT2D eigenvalue weighted by Gasteiger charge is 2.20. The van der Waals surface area contributed by atoms with E-state index in [-0.39, 0.29) is 10.5 Å². The van der Waals surface area contributed by atoms with Gasteiger partial charge in [0.1, 0.15) is 5.69 Å². The first-order chi connectivity index (χ1) is 16.9. The van der Waals surface area contributed by atoms with Gasteiger partial charge in [-0.3, -0.25) is 9.89 Å². The lowest BCUT2D eigenvalue weighted by Gasteiger charge is -2.08. The maximum atomic E-state index is 12.8. The average Bonchev–Trinajstić information content (AvgIpc) is 3.49. The number of nitrogens with zero attached hydrogens (tertiary/aromatic N) is 5. The summed E-state index contributed by atoms with van der Waals surface area (Å²) in [6.45, 7) is 0. The lowest BCUT2D eigenvalue weighted by atomic mass is 10.1. The second kappa shape index (κ2) is 7.72. The zero-order chi connectivity index (χ0) is 24.2. The van der Waals surface area contributed by atoms with Crippen molar-refractivity contribution < 1.29 is 8.42 Å². The minimum absolute atomic E-state index is 0.0121. The van der Waals surface area contributed by atoms with Gasteiger partial charge in [-0.2, -0.15) is 5.10 Å². The molecule has 0 radical (unpaired) electrons. The van der Waals surface area contributed by atoms with E-state index in [9.17, 15) is 13.2 Å². The predicted octanol–water partition coefficient (Wildman–Crippen LogP) is 2.74. The van der Waals surface area contributed by atoms with Crippen molar-refractivity contribution in [2.24, 2.45) is 5.14 Å². The number of sulfonamides is 1. The number of aromatic amines is 1. The molecule has 35 heavy (non-hydrogen) atoms. The van der Waals surface area contributed by atoms with Gasteiger partial charge in [0, 0.05) is 10.9 Å². The summed E-state index contributed by atoms with van der Waals surface area (Å²) in [5.41, 5.74) is 2.88. The fraction of sp³-hybridized carbons (Fsp3) is 0.